The molecule has 0 spiro atoms. The summed E-state index contributed by atoms with van der Waals surface area (Å²) in [7, 11) is 1.94. The summed E-state index contributed by atoms with van der Waals surface area (Å²) in [6, 6.07) is 8.27. The Bertz CT molecular complexity index is 522. The fraction of sp³-hybridized carbons (Fsp3) is 0.400. The van der Waals surface area contributed by atoms with Crippen LogP contribution in [0.1, 0.15) is 30.5 Å². The van der Waals surface area contributed by atoms with E-state index in [1.54, 1.807) is 0 Å². The molecule has 1 aromatic carbocycles. The van der Waals surface area contributed by atoms with Gasteiger partial charge in [-0.1, -0.05) is 36.7 Å². The fourth-order valence-corrected chi connectivity index (χ4v) is 2.45. The molecule has 0 bridgehead atoms. The molecule has 2 aromatic rings. The Morgan fingerprint density at radius 3 is 2.79 bits per heavy atom. The molecular formula is C15H20ClN3. The van der Waals surface area contributed by atoms with Crippen molar-refractivity contribution in [3.8, 4) is 0 Å². The zero-order chi connectivity index (χ0) is 13.7. The van der Waals surface area contributed by atoms with E-state index >= 15 is 0 Å². The minimum atomic E-state index is 0.234. The van der Waals surface area contributed by atoms with Gasteiger partial charge in [-0.2, -0.15) is 5.10 Å². The van der Waals surface area contributed by atoms with Gasteiger partial charge in [-0.15, -0.1) is 0 Å². The third kappa shape index (κ3) is 3.82. The van der Waals surface area contributed by atoms with Crippen molar-refractivity contribution in [1.82, 2.24) is 15.1 Å². The largest absolute Gasteiger partial charge is 0.310 e. The Balaban J connectivity index is 2.18. The van der Waals surface area contributed by atoms with Gasteiger partial charge in [-0.25, -0.2) is 0 Å². The molecule has 1 aromatic heterocycles. The van der Waals surface area contributed by atoms with Gasteiger partial charge in [0.15, 0.2) is 0 Å². The van der Waals surface area contributed by atoms with Crippen LogP contribution < -0.4 is 5.32 Å². The van der Waals surface area contributed by atoms with Crippen LogP contribution in [0.3, 0.4) is 0 Å². The molecule has 3 nitrogen and oxygen atoms in total. The number of hydrogen-bond acceptors (Lipinski definition) is 2. The van der Waals surface area contributed by atoms with Gasteiger partial charge in [-0.05, 0) is 36.6 Å². The van der Waals surface area contributed by atoms with E-state index in [0.29, 0.717) is 0 Å². The molecule has 0 radical (unpaired) electrons. The summed E-state index contributed by atoms with van der Waals surface area (Å²) in [4.78, 5) is 0. The lowest BCUT2D eigenvalue weighted by Crippen LogP contribution is -2.24. The third-order valence-corrected chi connectivity index (χ3v) is 3.46. The Hall–Kier alpha value is -1.32. The lowest BCUT2D eigenvalue weighted by atomic mass is 10.0. The van der Waals surface area contributed by atoms with Gasteiger partial charge >= 0.3 is 0 Å². The standard InChI is InChI=1S/C15H20ClN3/c1-3-8-17-15(9-12-10-18-19(2)11-12)13-6-4-5-7-14(13)16/h4-7,10-11,15,17H,3,8-9H2,1-2H3. The van der Waals surface area contributed by atoms with E-state index in [9.17, 15) is 0 Å². The van der Waals surface area contributed by atoms with Crippen molar-refractivity contribution in [3.05, 3.63) is 52.8 Å². The minimum absolute atomic E-state index is 0.234. The highest BCUT2D eigenvalue weighted by Gasteiger charge is 2.15. The van der Waals surface area contributed by atoms with Crippen LogP contribution in [0.5, 0.6) is 0 Å². The SMILES string of the molecule is CCCNC(Cc1cnn(C)c1)c1ccccc1Cl. The maximum atomic E-state index is 6.31. The normalized spacial score (nSPS) is 12.6. The second-order valence-electron chi connectivity index (χ2n) is 4.75. The number of halogens is 1. The third-order valence-electron chi connectivity index (χ3n) is 3.12. The molecule has 0 amide bonds. The highest BCUT2D eigenvalue weighted by atomic mass is 35.5. The quantitative estimate of drug-likeness (QED) is 0.877. The molecule has 0 fully saturated rings. The van der Waals surface area contributed by atoms with Crippen LogP contribution in [-0.2, 0) is 13.5 Å². The molecule has 0 saturated carbocycles. The van der Waals surface area contributed by atoms with Crippen molar-refractivity contribution in [1.29, 1.82) is 0 Å². The summed E-state index contributed by atoms with van der Waals surface area (Å²) in [6.07, 6.45) is 5.97. The first-order valence-electron chi connectivity index (χ1n) is 6.66. The van der Waals surface area contributed by atoms with E-state index in [1.165, 1.54) is 5.56 Å². The predicted molar refractivity (Wildman–Crippen MR) is 79.4 cm³/mol. The molecule has 0 aliphatic heterocycles. The van der Waals surface area contributed by atoms with E-state index < -0.39 is 0 Å². The molecule has 1 N–H and O–H groups in total. The number of nitrogens with one attached hydrogen (secondary N) is 1. The van der Waals surface area contributed by atoms with Crippen LogP contribution in [0.25, 0.3) is 0 Å². The molecule has 19 heavy (non-hydrogen) atoms. The topological polar surface area (TPSA) is 29.9 Å². The lowest BCUT2D eigenvalue weighted by molar-refractivity contribution is 0.529. The van der Waals surface area contributed by atoms with E-state index in [4.69, 9.17) is 11.6 Å². The van der Waals surface area contributed by atoms with Crippen molar-refractivity contribution < 1.29 is 0 Å². The van der Waals surface area contributed by atoms with Crippen molar-refractivity contribution in [2.24, 2.45) is 7.05 Å². The van der Waals surface area contributed by atoms with Crippen molar-refractivity contribution >= 4 is 11.6 Å². The number of hydrogen-bond donors (Lipinski definition) is 1. The molecule has 0 saturated heterocycles. The number of nitrogens with zero attached hydrogens (tertiary/aromatic N) is 2. The Labute approximate surface area is 119 Å². The molecule has 1 unspecified atom stereocenters. The molecule has 1 heterocycles. The molecule has 0 aliphatic rings. The first kappa shape index (κ1) is 14.1. The van der Waals surface area contributed by atoms with Crippen LogP contribution in [0.4, 0.5) is 0 Å². The zero-order valence-electron chi connectivity index (χ0n) is 11.4. The van der Waals surface area contributed by atoms with Gasteiger partial charge < -0.3 is 5.32 Å². The fourth-order valence-electron chi connectivity index (χ4n) is 2.18. The van der Waals surface area contributed by atoms with Crippen molar-refractivity contribution in [2.75, 3.05) is 6.54 Å². The average molecular weight is 278 g/mol. The van der Waals surface area contributed by atoms with E-state index in [2.05, 4.69) is 29.6 Å². The Morgan fingerprint density at radius 2 is 2.16 bits per heavy atom. The number of aryl methyl sites for hydroxylation is 1. The van der Waals surface area contributed by atoms with E-state index in [0.717, 1.165) is 30.0 Å². The number of rotatable bonds is 6. The molecule has 0 aliphatic carbocycles. The maximum absolute atomic E-state index is 6.31. The van der Waals surface area contributed by atoms with Gasteiger partial charge in [0.05, 0.1) is 6.20 Å². The highest BCUT2D eigenvalue weighted by molar-refractivity contribution is 6.31. The Morgan fingerprint density at radius 1 is 1.37 bits per heavy atom. The second kappa shape index (κ2) is 6.73. The molecule has 102 valence electrons. The van der Waals surface area contributed by atoms with Crippen LogP contribution in [0, 0.1) is 0 Å². The predicted octanol–water partition coefficient (Wildman–Crippen LogP) is 3.36. The van der Waals surface area contributed by atoms with Gasteiger partial charge in [0, 0.05) is 24.3 Å². The summed E-state index contributed by atoms with van der Waals surface area (Å²) < 4.78 is 1.83. The summed E-state index contributed by atoms with van der Waals surface area (Å²) in [5.74, 6) is 0. The monoisotopic (exact) mass is 277 g/mol. The van der Waals surface area contributed by atoms with Gasteiger partial charge in [0.25, 0.3) is 0 Å². The maximum Gasteiger partial charge on any atom is 0.0522 e. The van der Waals surface area contributed by atoms with Gasteiger partial charge in [0.1, 0.15) is 0 Å². The zero-order valence-corrected chi connectivity index (χ0v) is 12.2. The molecule has 1 atom stereocenters. The summed E-state index contributed by atoms with van der Waals surface area (Å²) in [5.41, 5.74) is 2.37. The summed E-state index contributed by atoms with van der Waals surface area (Å²) in [5, 5.41) is 8.60. The van der Waals surface area contributed by atoms with E-state index in [1.807, 2.05) is 36.1 Å². The smallest absolute Gasteiger partial charge is 0.0522 e. The highest BCUT2D eigenvalue weighted by Crippen LogP contribution is 2.25. The molecule has 2 rings (SSSR count). The van der Waals surface area contributed by atoms with Crippen LogP contribution in [0.2, 0.25) is 5.02 Å². The second-order valence-corrected chi connectivity index (χ2v) is 5.16. The first-order chi connectivity index (χ1) is 9.20. The molecule has 4 heteroatoms. The molecular weight excluding hydrogens is 258 g/mol. The van der Waals surface area contributed by atoms with Gasteiger partial charge in [0.2, 0.25) is 0 Å². The summed E-state index contributed by atoms with van der Waals surface area (Å²) in [6.45, 7) is 3.15. The van der Waals surface area contributed by atoms with Crippen LogP contribution in [0.15, 0.2) is 36.7 Å². The number of aromatic nitrogens is 2. The van der Waals surface area contributed by atoms with Crippen LogP contribution in [-0.4, -0.2) is 16.3 Å². The first-order valence-corrected chi connectivity index (χ1v) is 7.04. The van der Waals surface area contributed by atoms with Gasteiger partial charge in [-0.3, -0.25) is 4.68 Å². The van der Waals surface area contributed by atoms with Crippen molar-refractivity contribution in [2.45, 2.75) is 25.8 Å². The Kier molecular flexibility index (Phi) is 5.00. The minimum Gasteiger partial charge on any atom is -0.310 e. The number of benzene rings is 1. The lowest BCUT2D eigenvalue weighted by Gasteiger charge is -2.19. The van der Waals surface area contributed by atoms with E-state index in [-0.39, 0.29) is 6.04 Å². The summed E-state index contributed by atoms with van der Waals surface area (Å²) >= 11 is 6.31. The van der Waals surface area contributed by atoms with Crippen molar-refractivity contribution in [3.63, 3.8) is 0 Å². The van der Waals surface area contributed by atoms with Crippen LogP contribution >= 0.6 is 11.6 Å². The average Bonchev–Trinajstić information content (AvgIpc) is 2.81.